The second-order valence-electron chi connectivity index (χ2n) is 7.03. The SMILES string of the molecule is CC(C(=O)O)N(CCNS(=O)(=O)c1nc2ccccc2s1)C(=O)OC(C)(C)C. The maximum Gasteiger partial charge on any atom is 0.411 e. The zero-order valence-electron chi connectivity index (χ0n) is 16.0. The summed E-state index contributed by atoms with van der Waals surface area (Å²) in [5.41, 5.74) is -0.239. The summed E-state index contributed by atoms with van der Waals surface area (Å²) in [5, 5.41) is 9.22. The Morgan fingerprint density at radius 1 is 1.32 bits per heavy atom. The quantitative estimate of drug-likeness (QED) is 0.691. The van der Waals surface area contributed by atoms with Crippen LogP contribution in [0.2, 0.25) is 0 Å². The van der Waals surface area contributed by atoms with Crippen molar-refractivity contribution in [2.75, 3.05) is 13.1 Å². The molecule has 0 saturated carbocycles. The van der Waals surface area contributed by atoms with Gasteiger partial charge in [0, 0.05) is 13.1 Å². The zero-order chi connectivity index (χ0) is 21.1. The van der Waals surface area contributed by atoms with Crippen molar-refractivity contribution in [1.29, 1.82) is 0 Å². The highest BCUT2D eigenvalue weighted by atomic mass is 32.2. The molecule has 1 aromatic heterocycles. The molecule has 0 spiro atoms. The van der Waals surface area contributed by atoms with E-state index in [-0.39, 0.29) is 17.4 Å². The average Bonchev–Trinajstić information content (AvgIpc) is 3.01. The molecular weight excluding hydrogens is 406 g/mol. The number of fused-ring (bicyclic) bond motifs is 1. The van der Waals surface area contributed by atoms with Gasteiger partial charge in [-0.1, -0.05) is 12.1 Å². The lowest BCUT2D eigenvalue weighted by Crippen LogP contribution is -2.48. The zero-order valence-corrected chi connectivity index (χ0v) is 17.6. The summed E-state index contributed by atoms with van der Waals surface area (Å²) in [4.78, 5) is 28.7. The van der Waals surface area contributed by atoms with Crippen LogP contribution in [-0.2, 0) is 19.6 Å². The van der Waals surface area contributed by atoms with E-state index < -0.39 is 33.7 Å². The van der Waals surface area contributed by atoms with Crippen molar-refractivity contribution < 1.29 is 27.9 Å². The van der Waals surface area contributed by atoms with Crippen LogP contribution >= 0.6 is 11.3 Å². The monoisotopic (exact) mass is 429 g/mol. The summed E-state index contributed by atoms with van der Waals surface area (Å²) in [7, 11) is -3.89. The smallest absolute Gasteiger partial charge is 0.411 e. The molecule has 0 bridgehead atoms. The van der Waals surface area contributed by atoms with Crippen molar-refractivity contribution in [3.63, 3.8) is 0 Å². The fraction of sp³-hybridized carbons (Fsp3) is 0.471. The van der Waals surface area contributed by atoms with Gasteiger partial charge in [-0.3, -0.25) is 4.90 Å². The lowest BCUT2D eigenvalue weighted by atomic mass is 10.2. The van der Waals surface area contributed by atoms with Gasteiger partial charge in [-0.15, -0.1) is 11.3 Å². The second kappa shape index (κ2) is 8.41. The number of aliphatic carboxylic acids is 1. The molecule has 2 N–H and O–H groups in total. The predicted molar refractivity (Wildman–Crippen MR) is 105 cm³/mol. The minimum atomic E-state index is -3.89. The van der Waals surface area contributed by atoms with Gasteiger partial charge in [0.05, 0.1) is 10.2 Å². The summed E-state index contributed by atoms with van der Waals surface area (Å²) in [5.74, 6) is -1.22. The molecule has 9 nitrogen and oxygen atoms in total. The van der Waals surface area contributed by atoms with E-state index in [0.717, 1.165) is 20.9 Å². The summed E-state index contributed by atoms with van der Waals surface area (Å²) in [6, 6.07) is 5.85. The van der Waals surface area contributed by atoms with E-state index in [1.165, 1.54) is 6.92 Å². The Morgan fingerprint density at radius 2 is 1.96 bits per heavy atom. The number of para-hydroxylation sites is 1. The number of thiazole rings is 1. The molecule has 1 aromatic carbocycles. The lowest BCUT2D eigenvalue weighted by molar-refractivity contribution is -0.142. The number of amides is 1. The molecule has 11 heteroatoms. The summed E-state index contributed by atoms with van der Waals surface area (Å²) in [6.45, 7) is 5.94. The number of rotatable bonds is 7. The highest BCUT2D eigenvalue weighted by molar-refractivity contribution is 7.91. The molecule has 0 radical (unpaired) electrons. The molecule has 0 fully saturated rings. The maximum absolute atomic E-state index is 12.5. The van der Waals surface area contributed by atoms with Gasteiger partial charge in [-0.05, 0) is 39.8 Å². The first kappa shape index (κ1) is 22.1. The predicted octanol–water partition coefficient (Wildman–Crippen LogP) is 2.28. The number of benzene rings is 1. The molecule has 0 aliphatic carbocycles. The first-order valence-electron chi connectivity index (χ1n) is 8.48. The molecule has 1 heterocycles. The van der Waals surface area contributed by atoms with Gasteiger partial charge in [0.15, 0.2) is 0 Å². The Balaban J connectivity index is 2.09. The highest BCUT2D eigenvalue weighted by Gasteiger charge is 2.30. The minimum Gasteiger partial charge on any atom is -0.480 e. The number of hydrogen-bond donors (Lipinski definition) is 2. The normalized spacial score (nSPS) is 13.3. The van der Waals surface area contributed by atoms with Crippen molar-refractivity contribution in [2.45, 2.75) is 43.7 Å². The van der Waals surface area contributed by atoms with E-state index in [0.29, 0.717) is 5.52 Å². The van der Waals surface area contributed by atoms with E-state index in [2.05, 4.69) is 9.71 Å². The van der Waals surface area contributed by atoms with Gasteiger partial charge in [-0.25, -0.2) is 27.7 Å². The van der Waals surface area contributed by atoms with E-state index in [1.807, 2.05) is 0 Å². The Labute approximate surface area is 167 Å². The molecule has 0 saturated heterocycles. The number of aromatic nitrogens is 1. The van der Waals surface area contributed by atoms with Gasteiger partial charge in [0.1, 0.15) is 11.6 Å². The lowest BCUT2D eigenvalue weighted by Gasteiger charge is -2.29. The number of carbonyl (C=O) groups is 2. The van der Waals surface area contributed by atoms with Crippen LogP contribution in [0.4, 0.5) is 4.79 Å². The number of nitrogens with one attached hydrogen (secondary N) is 1. The fourth-order valence-corrected chi connectivity index (χ4v) is 4.51. The number of nitrogens with zero attached hydrogens (tertiary/aromatic N) is 2. The Morgan fingerprint density at radius 3 is 2.54 bits per heavy atom. The van der Waals surface area contributed by atoms with E-state index >= 15 is 0 Å². The van der Waals surface area contributed by atoms with Gasteiger partial charge in [0.25, 0.3) is 10.0 Å². The van der Waals surface area contributed by atoms with Crippen LogP contribution in [0, 0.1) is 0 Å². The van der Waals surface area contributed by atoms with Crippen LogP contribution in [0.1, 0.15) is 27.7 Å². The molecule has 0 aliphatic heterocycles. The molecule has 154 valence electrons. The largest absolute Gasteiger partial charge is 0.480 e. The van der Waals surface area contributed by atoms with Gasteiger partial charge < -0.3 is 9.84 Å². The van der Waals surface area contributed by atoms with E-state index in [9.17, 15) is 23.1 Å². The van der Waals surface area contributed by atoms with Crippen molar-refractivity contribution in [2.24, 2.45) is 0 Å². The van der Waals surface area contributed by atoms with E-state index in [4.69, 9.17) is 4.74 Å². The third-order valence-electron chi connectivity index (χ3n) is 3.60. The van der Waals surface area contributed by atoms with Crippen LogP contribution in [0.25, 0.3) is 10.2 Å². The fourth-order valence-electron chi connectivity index (χ4n) is 2.23. The van der Waals surface area contributed by atoms with Crippen LogP contribution in [0.15, 0.2) is 28.6 Å². The number of hydrogen-bond acceptors (Lipinski definition) is 7. The summed E-state index contributed by atoms with van der Waals surface area (Å²) < 4.78 is 33.2. The molecule has 1 unspecified atom stereocenters. The van der Waals surface area contributed by atoms with Gasteiger partial charge in [0.2, 0.25) is 4.34 Å². The Kier molecular flexibility index (Phi) is 6.63. The summed E-state index contributed by atoms with van der Waals surface area (Å²) >= 11 is 1.03. The Hall–Kier alpha value is -2.24. The maximum atomic E-state index is 12.5. The number of carboxylic acid groups (broad SMARTS) is 1. The minimum absolute atomic E-state index is 0.0937. The van der Waals surface area contributed by atoms with Crippen LogP contribution in [-0.4, -0.2) is 60.2 Å². The molecule has 2 rings (SSSR count). The van der Waals surface area contributed by atoms with Crippen molar-refractivity contribution >= 4 is 43.6 Å². The Bertz CT molecular complexity index is 932. The molecular formula is C17H23N3O6S2. The molecule has 1 amide bonds. The third-order valence-corrected chi connectivity index (χ3v) is 6.48. The third kappa shape index (κ3) is 5.63. The van der Waals surface area contributed by atoms with Crippen LogP contribution in [0.3, 0.4) is 0 Å². The molecule has 0 aliphatic rings. The number of sulfonamides is 1. The van der Waals surface area contributed by atoms with Crippen molar-refractivity contribution in [3.8, 4) is 0 Å². The topological polar surface area (TPSA) is 126 Å². The summed E-state index contributed by atoms with van der Waals surface area (Å²) in [6.07, 6.45) is -0.832. The molecule has 28 heavy (non-hydrogen) atoms. The van der Waals surface area contributed by atoms with Crippen molar-refractivity contribution in [1.82, 2.24) is 14.6 Å². The van der Waals surface area contributed by atoms with E-state index in [1.54, 1.807) is 45.0 Å². The first-order valence-corrected chi connectivity index (χ1v) is 10.8. The van der Waals surface area contributed by atoms with Crippen LogP contribution < -0.4 is 4.72 Å². The van der Waals surface area contributed by atoms with Gasteiger partial charge in [-0.2, -0.15) is 0 Å². The molecule has 1 atom stereocenters. The average molecular weight is 430 g/mol. The number of carboxylic acids is 1. The highest BCUT2D eigenvalue weighted by Crippen LogP contribution is 2.24. The number of carbonyl (C=O) groups excluding carboxylic acids is 1. The molecule has 2 aromatic rings. The standard InChI is InChI=1S/C17H23N3O6S2/c1-11(14(21)22)20(16(23)26-17(2,3)4)10-9-18-28(24,25)15-19-12-7-5-6-8-13(12)27-15/h5-8,11,18H,9-10H2,1-4H3,(H,21,22). The number of ether oxygens (including phenoxy) is 1. The second-order valence-corrected chi connectivity index (χ2v) is 10.0. The van der Waals surface area contributed by atoms with Gasteiger partial charge >= 0.3 is 12.1 Å². The first-order chi connectivity index (χ1) is 12.9. The van der Waals surface area contributed by atoms with Crippen molar-refractivity contribution in [3.05, 3.63) is 24.3 Å². The van der Waals surface area contributed by atoms with Crippen LogP contribution in [0.5, 0.6) is 0 Å².